The summed E-state index contributed by atoms with van der Waals surface area (Å²) in [5.41, 5.74) is 6.43. The summed E-state index contributed by atoms with van der Waals surface area (Å²) >= 11 is 0. The number of primary amides is 1. The molecule has 1 saturated heterocycles. The summed E-state index contributed by atoms with van der Waals surface area (Å²) in [4.78, 5) is 23.5. The van der Waals surface area contributed by atoms with Crippen LogP contribution < -0.4 is 16.4 Å². The van der Waals surface area contributed by atoms with Crippen molar-refractivity contribution in [3.8, 4) is 0 Å². The highest BCUT2D eigenvalue weighted by Crippen LogP contribution is 2.22. The van der Waals surface area contributed by atoms with Crippen LogP contribution in [0, 0.1) is 5.92 Å². The van der Waals surface area contributed by atoms with Gasteiger partial charge in [0, 0.05) is 31.6 Å². The molecule has 0 bridgehead atoms. The van der Waals surface area contributed by atoms with E-state index in [4.69, 9.17) is 15.7 Å². The summed E-state index contributed by atoms with van der Waals surface area (Å²) in [6.07, 6.45) is 0. The molecule has 0 radical (unpaired) electrons. The summed E-state index contributed by atoms with van der Waals surface area (Å²) in [6.45, 7) is 8.56. The SMILES string of the molecule is CC(C)[C@H](Nc1nc(CN2CCNCC2)nc2ccccc12)C(N)=O. The van der Waals surface area contributed by atoms with Gasteiger partial charge in [0.05, 0.1) is 12.1 Å². The van der Waals surface area contributed by atoms with E-state index in [9.17, 15) is 4.79 Å². The topological polar surface area (TPSA) is 96.2 Å². The van der Waals surface area contributed by atoms with Gasteiger partial charge in [0.25, 0.3) is 0 Å². The monoisotopic (exact) mass is 342 g/mol. The van der Waals surface area contributed by atoms with Gasteiger partial charge in [0.15, 0.2) is 0 Å². The van der Waals surface area contributed by atoms with E-state index < -0.39 is 6.04 Å². The third kappa shape index (κ3) is 4.24. The molecule has 1 aliphatic rings. The Morgan fingerprint density at radius 1 is 1.28 bits per heavy atom. The van der Waals surface area contributed by atoms with E-state index in [1.807, 2.05) is 38.1 Å². The first-order valence-electron chi connectivity index (χ1n) is 8.79. The van der Waals surface area contributed by atoms with Gasteiger partial charge >= 0.3 is 0 Å². The van der Waals surface area contributed by atoms with Gasteiger partial charge in [0.1, 0.15) is 17.7 Å². The van der Waals surface area contributed by atoms with E-state index in [-0.39, 0.29) is 11.8 Å². The fourth-order valence-corrected chi connectivity index (χ4v) is 3.09. The van der Waals surface area contributed by atoms with Gasteiger partial charge in [-0.3, -0.25) is 9.69 Å². The average molecular weight is 342 g/mol. The van der Waals surface area contributed by atoms with Crippen LogP contribution in [0.4, 0.5) is 5.82 Å². The average Bonchev–Trinajstić information content (AvgIpc) is 2.59. The third-order valence-electron chi connectivity index (χ3n) is 4.49. The Morgan fingerprint density at radius 2 is 2.00 bits per heavy atom. The van der Waals surface area contributed by atoms with E-state index in [0.717, 1.165) is 42.9 Å². The van der Waals surface area contributed by atoms with E-state index in [2.05, 4.69) is 15.5 Å². The van der Waals surface area contributed by atoms with Crippen LogP contribution in [-0.2, 0) is 11.3 Å². The van der Waals surface area contributed by atoms with Gasteiger partial charge in [-0.05, 0) is 18.1 Å². The molecule has 1 atom stereocenters. The van der Waals surface area contributed by atoms with Crippen LogP contribution in [0.5, 0.6) is 0 Å². The number of nitrogens with one attached hydrogen (secondary N) is 2. The Kier molecular flexibility index (Phi) is 5.45. The number of piperazine rings is 1. The Balaban J connectivity index is 1.93. The number of hydrogen-bond acceptors (Lipinski definition) is 6. The largest absolute Gasteiger partial charge is 0.368 e. The Hall–Kier alpha value is -2.25. The second-order valence-corrected chi connectivity index (χ2v) is 6.80. The molecule has 2 heterocycles. The zero-order chi connectivity index (χ0) is 17.8. The summed E-state index contributed by atoms with van der Waals surface area (Å²) in [5.74, 6) is 1.13. The molecule has 3 rings (SSSR count). The molecule has 1 aromatic heterocycles. The maximum Gasteiger partial charge on any atom is 0.240 e. The van der Waals surface area contributed by atoms with E-state index in [1.54, 1.807) is 0 Å². The molecule has 1 aliphatic heterocycles. The highest BCUT2D eigenvalue weighted by molar-refractivity contribution is 5.91. The van der Waals surface area contributed by atoms with Crippen molar-refractivity contribution >= 4 is 22.6 Å². The molecule has 4 N–H and O–H groups in total. The predicted octanol–water partition coefficient (Wildman–Crippen LogP) is 0.957. The second-order valence-electron chi connectivity index (χ2n) is 6.80. The zero-order valence-corrected chi connectivity index (χ0v) is 14.8. The van der Waals surface area contributed by atoms with Gasteiger partial charge in [-0.25, -0.2) is 9.97 Å². The van der Waals surface area contributed by atoms with Crippen LogP contribution in [0.1, 0.15) is 19.7 Å². The molecule has 0 unspecified atom stereocenters. The predicted molar refractivity (Wildman–Crippen MR) is 99.1 cm³/mol. The smallest absolute Gasteiger partial charge is 0.240 e. The number of nitrogens with zero attached hydrogens (tertiary/aromatic N) is 3. The standard InChI is InChI=1S/C18H26N6O/c1-12(2)16(17(19)25)23-18-13-5-3-4-6-14(13)21-15(22-18)11-24-9-7-20-8-10-24/h3-6,12,16,20H,7-11H2,1-2H3,(H2,19,25)(H,21,22,23)/t16-/m0/s1. The lowest BCUT2D eigenvalue weighted by atomic mass is 10.0. The number of fused-ring (bicyclic) bond motifs is 1. The summed E-state index contributed by atoms with van der Waals surface area (Å²) < 4.78 is 0. The van der Waals surface area contributed by atoms with Crippen molar-refractivity contribution in [1.82, 2.24) is 20.2 Å². The number of anilines is 1. The molecule has 1 aromatic carbocycles. The molecule has 7 nitrogen and oxygen atoms in total. The van der Waals surface area contributed by atoms with Crippen LogP contribution in [0.2, 0.25) is 0 Å². The molecule has 7 heteroatoms. The van der Waals surface area contributed by atoms with Crippen LogP contribution in [0.25, 0.3) is 10.9 Å². The number of rotatable bonds is 6. The lowest BCUT2D eigenvalue weighted by Gasteiger charge is -2.27. The molecule has 25 heavy (non-hydrogen) atoms. The highest BCUT2D eigenvalue weighted by Gasteiger charge is 2.21. The number of hydrogen-bond donors (Lipinski definition) is 3. The minimum absolute atomic E-state index is 0.0721. The first kappa shape index (κ1) is 17.6. The summed E-state index contributed by atoms with van der Waals surface area (Å²) in [7, 11) is 0. The van der Waals surface area contributed by atoms with E-state index in [1.165, 1.54) is 0 Å². The quantitative estimate of drug-likeness (QED) is 0.723. The van der Waals surface area contributed by atoms with Crippen molar-refractivity contribution in [3.05, 3.63) is 30.1 Å². The number of benzene rings is 1. The number of carbonyl (C=O) groups is 1. The lowest BCUT2D eigenvalue weighted by Crippen LogP contribution is -2.43. The maximum absolute atomic E-state index is 11.8. The van der Waals surface area contributed by atoms with Crippen LogP contribution in [0.15, 0.2) is 24.3 Å². The van der Waals surface area contributed by atoms with Crippen molar-refractivity contribution in [2.45, 2.75) is 26.4 Å². The van der Waals surface area contributed by atoms with Crippen molar-refractivity contribution in [3.63, 3.8) is 0 Å². The van der Waals surface area contributed by atoms with Gasteiger partial charge in [-0.15, -0.1) is 0 Å². The molecular formula is C18H26N6O. The normalized spacial score (nSPS) is 16.9. The Bertz CT molecular complexity index is 741. The van der Waals surface area contributed by atoms with Gasteiger partial charge in [-0.1, -0.05) is 26.0 Å². The van der Waals surface area contributed by atoms with Gasteiger partial charge < -0.3 is 16.4 Å². The first-order chi connectivity index (χ1) is 12.0. The van der Waals surface area contributed by atoms with Crippen molar-refractivity contribution < 1.29 is 4.79 Å². The molecule has 2 aromatic rings. The number of amides is 1. The van der Waals surface area contributed by atoms with E-state index >= 15 is 0 Å². The summed E-state index contributed by atoms with van der Waals surface area (Å²) in [5, 5.41) is 7.49. The molecule has 1 amide bonds. The molecule has 1 fully saturated rings. The number of nitrogens with two attached hydrogens (primary N) is 1. The molecule has 0 aliphatic carbocycles. The Labute approximate surface area is 148 Å². The van der Waals surface area contributed by atoms with Crippen molar-refractivity contribution in [2.75, 3.05) is 31.5 Å². The number of carbonyl (C=O) groups excluding carboxylic acids is 1. The van der Waals surface area contributed by atoms with E-state index in [0.29, 0.717) is 12.4 Å². The number of para-hydroxylation sites is 1. The van der Waals surface area contributed by atoms with Gasteiger partial charge in [0.2, 0.25) is 5.91 Å². The van der Waals surface area contributed by atoms with Crippen LogP contribution in [0.3, 0.4) is 0 Å². The molecular weight excluding hydrogens is 316 g/mol. The minimum Gasteiger partial charge on any atom is -0.368 e. The molecule has 0 saturated carbocycles. The summed E-state index contributed by atoms with van der Waals surface area (Å²) in [6, 6.07) is 7.37. The van der Waals surface area contributed by atoms with Crippen molar-refractivity contribution in [1.29, 1.82) is 0 Å². The zero-order valence-electron chi connectivity index (χ0n) is 14.8. The fourth-order valence-electron chi connectivity index (χ4n) is 3.09. The second kappa shape index (κ2) is 7.76. The lowest BCUT2D eigenvalue weighted by molar-refractivity contribution is -0.119. The van der Waals surface area contributed by atoms with Crippen LogP contribution >= 0.6 is 0 Å². The highest BCUT2D eigenvalue weighted by atomic mass is 16.1. The number of aromatic nitrogens is 2. The Morgan fingerprint density at radius 3 is 2.68 bits per heavy atom. The molecule has 134 valence electrons. The first-order valence-corrected chi connectivity index (χ1v) is 8.79. The third-order valence-corrected chi connectivity index (χ3v) is 4.49. The minimum atomic E-state index is -0.467. The molecule has 0 spiro atoms. The van der Waals surface area contributed by atoms with Crippen LogP contribution in [-0.4, -0.2) is 53.0 Å². The maximum atomic E-state index is 11.8. The van der Waals surface area contributed by atoms with Crippen molar-refractivity contribution in [2.24, 2.45) is 11.7 Å². The fraction of sp³-hybridized carbons (Fsp3) is 0.500. The van der Waals surface area contributed by atoms with Gasteiger partial charge in [-0.2, -0.15) is 0 Å².